The molecule has 0 aromatic heterocycles. The molecule has 1 aliphatic heterocycles. The van der Waals surface area contributed by atoms with Gasteiger partial charge in [0.05, 0.1) is 6.61 Å². The lowest BCUT2D eigenvalue weighted by Crippen LogP contribution is -2.25. The van der Waals surface area contributed by atoms with E-state index in [1.54, 1.807) is 0 Å². The lowest BCUT2D eigenvalue weighted by atomic mass is 10.1. The van der Waals surface area contributed by atoms with Gasteiger partial charge in [-0.1, -0.05) is 30.3 Å². The second-order valence-corrected chi connectivity index (χ2v) is 3.07. The molecule has 1 saturated heterocycles. The summed E-state index contributed by atoms with van der Waals surface area (Å²) in [6.07, 6.45) is -1.70. The standard InChI is InChI=1S/C10H10O4/c11-10(12)13-6-8-9(14-8)7-4-2-1-3-5-7/h1-5,8-9H,6H2,(H,11,12)/p-1/t8-,9+/m1/s1. The van der Waals surface area contributed by atoms with Crippen LogP contribution in [-0.4, -0.2) is 18.9 Å². The van der Waals surface area contributed by atoms with E-state index in [1.807, 2.05) is 30.3 Å². The number of ether oxygens (including phenoxy) is 2. The zero-order valence-electron chi connectivity index (χ0n) is 7.38. The monoisotopic (exact) mass is 193 g/mol. The van der Waals surface area contributed by atoms with Crippen LogP contribution < -0.4 is 5.11 Å². The summed E-state index contributed by atoms with van der Waals surface area (Å²) in [4.78, 5) is 9.99. The third-order valence-corrected chi connectivity index (χ3v) is 2.08. The van der Waals surface area contributed by atoms with E-state index in [-0.39, 0.29) is 18.8 Å². The number of carbonyl (C=O) groups is 1. The Hall–Kier alpha value is -1.55. The van der Waals surface area contributed by atoms with Gasteiger partial charge in [-0.15, -0.1) is 0 Å². The number of epoxide rings is 1. The predicted molar refractivity (Wildman–Crippen MR) is 45.4 cm³/mol. The minimum atomic E-state index is -1.51. The zero-order valence-corrected chi connectivity index (χ0v) is 7.38. The molecular formula is C10H9O4-. The van der Waals surface area contributed by atoms with Gasteiger partial charge in [-0.25, -0.2) is 0 Å². The van der Waals surface area contributed by atoms with Crippen molar-refractivity contribution in [2.24, 2.45) is 0 Å². The van der Waals surface area contributed by atoms with E-state index in [4.69, 9.17) is 4.74 Å². The molecule has 1 aliphatic rings. The Bertz CT molecular complexity index is 322. The fourth-order valence-corrected chi connectivity index (χ4v) is 1.36. The van der Waals surface area contributed by atoms with Gasteiger partial charge in [0.15, 0.2) is 0 Å². The molecule has 2 atom stereocenters. The first-order chi connectivity index (χ1) is 6.77. The van der Waals surface area contributed by atoms with Crippen LogP contribution in [0.1, 0.15) is 11.7 Å². The van der Waals surface area contributed by atoms with Crippen LogP contribution in [0, 0.1) is 0 Å². The first-order valence-electron chi connectivity index (χ1n) is 4.31. The van der Waals surface area contributed by atoms with Crippen molar-refractivity contribution >= 4 is 6.16 Å². The molecule has 0 radical (unpaired) electrons. The van der Waals surface area contributed by atoms with Crippen molar-refractivity contribution in [2.75, 3.05) is 6.61 Å². The molecular weight excluding hydrogens is 184 g/mol. The van der Waals surface area contributed by atoms with E-state index < -0.39 is 6.16 Å². The van der Waals surface area contributed by atoms with E-state index in [9.17, 15) is 9.90 Å². The van der Waals surface area contributed by atoms with Gasteiger partial charge in [-0.2, -0.15) is 0 Å². The lowest BCUT2D eigenvalue weighted by Gasteiger charge is -2.04. The van der Waals surface area contributed by atoms with Crippen molar-refractivity contribution in [3.63, 3.8) is 0 Å². The predicted octanol–water partition coefficient (Wildman–Crippen LogP) is 0.486. The van der Waals surface area contributed by atoms with Crippen LogP contribution in [0.5, 0.6) is 0 Å². The summed E-state index contributed by atoms with van der Waals surface area (Å²) >= 11 is 0. The van der Waals surface area contributed by atoms with Gasteiger partial charge in [-0.3, -0.25) is 0 Å². The number of rotatable bonds is 3. The summed E-state index contributed by atoms with van der Waals surface area (Å²) in [6.45, 7) is 0.0435. The number of carboxylic acid groups (broad SMARTS) is 1. The molecule has 2 rings (SSSR count). The number of hydrogen-bond donors (Lipinski definition) is 0. The molecule has 14 heavy (non-hydrogen) atoms. The first kappa shape index (κ1) is 9.02. The maximum atomic E-state index is 9.99. The Morgan fingerprint density at radius 3 is 2.79 bits per heavy atom. The van der Waals surface area contributed by atoms with Crippen LogP contribution >= 0.6 is 0 Å². The second kappa shape index (κ2) is 3.67. The molecule has 1 aromatic rings. The van der Waals surface area contributed by atoms with Crippen LogP contribution in [0.25, 0.3) is 0 Å². The summed E-state index contributed by atoms with van der Waals surface area (Å²) in [5.74, 6) is 0. The average molecular weight is 193 g/mol. The zero-order chi connectivity index (χ0) is 9.97. The molecule has 0 unspecified atom stereocenters. The van der Waals surface area contributed by atoms with Gasteiger partial charge in [0, 0.05) is 0 Å². The van der Waals surface area contributed by atoms with E-state index in [0.29, 0.717) is 0 Å². The number of hydrogen-bond acceptors (Lipinski definition) is 4. The normalized spacial score (nSPS) is 24.3. The number of carbonyl (C=O) groups excluding carboxylic acids is 1. The Labute approximate surface area is 81.1 Å². The minimum Gasteiger partial charge on any atom is -0.547 e. The van der Waals surface area contributed by atoms with Crippen molar-refractivity contribution < 1.29 is 19.4 Å². The molecule has 0 aliphatic carbocycles. The van der Waals surface area contributed by atoms with Crippen molar-refractivity contribution in [1.29, 1.82) is 0 Å². The lowest BCUT2D eigenvalue weighted by molar-refractivity contribution is -0.282. The quantitative estimate of drug-likeness (QED) is 0.517. The van der Waals surface area contributed by atoms with Crippen molar-refractivity contribution in [2.45, 2.75) is 12.2 Å². The topological polar surface area (TPSA) is 61.9 Å². The summed E-state index contributed by atoms with van der Waals surface area (Å²) < 4.78 is 9.54. The molecule has 1 fully saturated rings. The van der Waals surface area contributed by atoms with Crippen LogP contribution in [-0.2, 0) is 9.47 Å². The molecule has 0 bridgehead atoms. The minimum absolute atomic E-state index is 0.0319. The summed E-state index contributed by atoms with van der Waals surface area (Å²) in [5.41, 5.74) is 1.04. The third kappa shape index (κ3) is 2.03. The van der Waals surface area contributed by atoms with Gasteiger partial charge >= 0.3 is 0 Å². The third-order valence-electron chi connectivity index (χ3n) is 2.08. The Morgan fingerprint density at radius 2 is 2.14 bits per heavy atom. The highest BCUT2D eigenvalue weighted by molar-refractivity contribution is 5.54. The van der Waals surface area contributed by atoms with E-state index in [2.05, 4.69) is 4.74 Å². The summed E-state index contributed by atoms with van der Waals surface area (Å²) in [6, 6.07) is 9.60. The largest absolute Gasteiger partial charge is 0.547 e. The van der Waals surface area contributed by atoms with Crippen molar-refractivity contribution in [1.82, 2.24) is 0 Å². The van der Waals surface area contributed by atoms with Crippen LogP contribution in [0.3, 0.4) is 0 Å². The summed E-state index contributed by atoms with van der Waals surface area (Å²) in [5, 5.41) is 9.99. The Morgan fingerprint density at radius 1 is 1.43 bits per heavy atom. The fraction of sp³-hybridized carbons (Fsp3) is 0.300. The maximum Gasteiger partial charge on any atom is 0.252 e. The molecule has 74 valence electrons. The maximum absolute atomic E-state index is 9.99. The highest BCUT2D eigenvalue weighted by Crippen LogP contribution is 2.38. The van der Waals surface area contributed by atoms with Crippen LogP contribution in [0.4, 0.5) is 4.79 Å². The molecule has 0 amide bonds. The van der Waals surface area contributed by atoms with Gasteiger partial charge in [0.1, 0.15) is 12.2 Å². The van der Waals surface area contributed by atoms with Gasteiger partial charge < -0.3 is 19.4 Å². The van der Waals surface area contributed by atoms with Crippen molar-refractivity contribution in [3.05, 3.63) is 35.9 Å². The molecule has 1 heterocycles. The number of benzene rings is 1. The van der Waals surface area contributed by atoms with E-state index in [0.717, 1.165) is 5.56 Å². The molecule has 4 heteroatoms. The molecule has 0 spiro atoms. The fourth-order valence-electron chi connectivity index (χ4n) is 1.36. The van der Waals surface area contributed by atoms with Gasteiger partial charge in [0.2, 0.25) is 0 Å². The van der Waals surface area contributed by atoms with Crippen molar-refractivity contribution in [3.8, 4) is 0 Å². The average Bonchev–Trinajstić information content (AvgIpc) is 2.95. The molecule has 1 aromatic carbocycles. The van der Waals surface area contributed by atoms with Crippen LogP contribution in [0.2, 0.25) is 0 Å². The molecule has 4 nitrogen and oxygen atoms in total. The van der Waals surface area contributed by atoms with Crippen LogP contribution in [0.15, 0.2) is 30.3 Å². The SMILES string of the molecule is O=C([O-])OC[C@H]1O[C@H]1c1ccccc1. The highest BCUT2D eigenvalue weighted by atomic mass is 16.7. The van der Waals surface area contributed by atoms with E-state index in [1.165, 1.54) is 0 Å². The molecule has 0 N–H and O–H groups in total. The first-order valence-corrected chi connectivity index (χ1v) is 4.31. The Balaban J connectivity index is 1.85. The highest BCUT2D eigenvalue weighted by Gasteiger charge is 2.39. The van der Waals surface area contributed by atoms with Gasteiger partial charge in [0.25, 0.3) is 6.16 Å². The molecule has 0 saturated carbocycles. The van der Waals surface area contributed by atoms with E-state index >= 15 is 0 Å². The van der Waals surface area contributed by atoms with Gasteiger partial charge in [-0.05, 0) is 5.56 Å². The smallest absolute Gasteiger partial charge is 0.252 e. The summed E-state index contributed by atoms with van der Waals surface area (Å²) in [7, 11) is 0. The second-order valence-electron chi connectivity index (χ2n) is 3.07. The Kier molecular flexibility index (Phi) is 2.37.